The van der Waals surface area contributed by atoms with E-state index in [0.717, 1.165) is 22.0 Å². The highest BCUT2D eigenvalue weighted by atomic mass is 32.2. The summed E-state index contributed by atoms with van der Waals surface area (Å²) in [5.41, 5.74) is 1.55. The van der Waals surface area contributed by atoms with Gasteiger partial charge in [-0.2, -0.15) is 0 Å². The summed E-state index contributed by atoms with van der Waals surface area (Å²) in [5, 5.41) is 0.718. The Morgan fingerprint density at radius 2 is 1.79 bits per heavy atom. The van der Waals surface area contributed by atoms with E-state index in [2.05, 4.69) is 9.71 Å². The second-order valence-corrected chi connectivity index (χ2v) is 11.1. The first-order valence-electron chi connectivity index (χ1n) is 9.85. The lowest BCUT2D eigenvalue weighted by atomic mass is 10.1. The number of hydrogen-bond acceptors (Lipinski definition) is 7. The summed E-state index contributed by atoms with van der Waals surface area (Å²) in [4.78, 5) is 17.0. The van der Waals surface area contributed by atoms with Gasteiger partial charge in [0.15, 0.2) is 11.6 Å². The van der Waals surface area contributed by atoms with Crippen LogP contribution in [0.15, 0.2) is 64.4 Å². The number of nitrogens with zero attached hydrogens (tertiary/aromatic N) is 1. The van der Waals surface area contributed by atoms with Crippen molar-refractivity contribution in [2.45, 2.75) is 22.5 Å². The minimum absolute atomic E-state index is 0.0549. The van der Waals surface area contributed by atoms with Crippen LogP contribution >= 0.6 is 23.1 Å². The predicted molar refractivity (Wildman–Crippen MR) is 129 cm³/mol. The van der Waals surface area contributed by atoms with Gasteiger partial charge >= 0.3 is 5.97 Å². The maximum absolute atomic E-state index is 13.4. The summed E-state index contributed by atoms with van der Waals surface area (Å²) in [6.07, 6.45) is 0. The number of carbonyl (C=O) groups is 1. The fourth-order valence-corrected chi connectivity index (χ4v) is 6.06. The van der Waals surface area contributed by atoms with Crippen LogP contribution in [0.5, 0.6) is 0 Å². The van der Waals surface area contributed by atoms with Crippen LogP contribution in [0.3, 0.4) is 0 Å². The molecule has 3 aromatic carbocycles. The first-order valence-corrected chi connectivity index (χ1v) is 13.1. The van der Waals surface area contributed by atoms with Crippen LogP contribution in [0.4, 0.5) is 14.5 Å². The molecule has 0 aliphatic rings. The minimum Gasteiger partial charge on any atom is -0.465 e. The number of fused-ring (bicyclic) bond motifs is 1. The van der Waals surface area contributed by atoms with E-state index in [1.54, 1.807) is 37.3 Å². The number of nitrogens with one attached hydrogen (secondary N) is 1. The number of aromatic nitrogens is 1. The summed E-state index contributed by atoms with van der Waals surface area (Å²) in [5.74, 6) is -1.95. The van der Waals surface area contributed by atoms with Crippen LogP contribution in [0.2, 0.25) is 0 Å². The van der Waals surface area contributed by atoms with E-state index in [-0.39, 0.29) is 10.5 Å². The van der Waals surface area contributed by atoms with Crippen molar-refractivity contribution in [3.63, 3.8) is 0 Å². The minimum atomic E-state index is -3.92. The molecule has 0 fully saturated rings. The summed E-state index contributed by atoms with van der Waals surface area (Å²) in [6.45, 7) is 1.69. The Morgan fingerprint density at radius 3 is 2.50 bits per heavy atom. The van der Waals surface area contributed by atoms with Gasteiger partial charge in [0.1, 0.15) is 5.01 Å². The third-order valence-electron chi connectivity index (χ3n) is 4.87. The number of esters is 1. The quantitative estimate of drug-likeness (QED) is 0.246. The number of sulfonamides is 1. The molecule has 0 saturated carbocycles. The average Bonchev–Trinajstić information content (AvgIpc) is 3.19. The molecule has 0 atom stereocenters. The first-order chi connectivity index (χ1) is 16.2. The third kappa shape index (κ3) is 5.21. The van der Waals surface area contributed by atoms with Gasteiger partial charge in [0.05, 0.1) is 33.5 Å². The van der Waals surface area contributed by atoms with E-state index in [4.69, 9.17) is 4.74 Å². The summed E-state index contributed by atoms with van der Waals surface area (Å²) in [7, 11) is -2.69. The van der Waals surface area contributed by atoms with Crippen LogP contribution in [0, 0.1) is 18.6 Å². The predicted octanol–water partition coefficient (Wildman–Crippen LogP) is 5.76. The highest BCUT2D eigenvalue weighted by molar-refractivity contribution is 7.98. The van der Waals surface area contributed by atoms with Crippen LogP contribution in [-0.2, 0) is 20.5 Å². The lowest BCUT2D eigenvalue weighted by Gasteiger charge is -2.11. The largest absolute Gasteiger partial charge is 0.465 e. The molecule has 0 saturated heterocycles. The Labute approximate surface area is 203 Å². The van der Waals surface area contributed by atoms with Crippen molar-refractivity contribution in [3.05, 3.63) is 82.4 Å². The molecule has 4 aromatic rings. The number of benzene rings is 3. The number of hydrogen-bond donors (Lipinski definition) is 1. The van der Waals surface area contributed by atoms with Gasteiger partial charge in [0, 0.05) is 16.6 Å². The van der Waals surface area contributed by atoms with E-state index >= 15 is 0 Å². The van der Waals surface area contributed by atoms with Crippen molar-refractivity contribution in [3.8, 4) is 0 Å². The van der Waals surface area contributed by atoms with Crippen molar-refractivity contribution < 1.29 is 26.7 Å². The van der Waals surface area contributed by atoms with Gasteiger partial charge in [0.2, 0.25) is 0 Å². The number of aryl methyl sites for hydroxylation is 1. The van der Waals surface area contributed by atoms with Gasteiger partial charge < -0.3 is 4.74 Å². The van der Waals surface area contributed by atoms with E-state index in [1.807, 2.05) is 0 Å². The molecule has 0 radical (unpaired) electrons. The molecule has 0 aliphatic heterocycles. The molecule has 0 spiro atoms. The highest BCUT2D eigenvalue weighted by Gasteiger charge is 2.19. The standard InChI is InChI=1S/C23H18F2N2O4S3/c1-13-3-8-16(9-17(13)23(28)31-2)34(29,30)27-14-4-6-15(7-5-14)32-12-22-26-20-10-18(24)19(25)11-21(20)33-22/h3-11,27H,12H2,1-2H3. The molecule has 0 amide bonds. The number of ether oxygens (including phenoxy) is 1. The molecular weight excluding hydrogens is 502 g/mol. The Morgan fingerprint density at radius 1 is 1.09 bits per heavy atom. The topological polar surface area (TPSA) is 85.4 Å². The van der Waals surface area contributed by atoms with Gasteiger partial charge in [-0.05, 0) is 55.0 Å². The van der Waals surface area contributed by atoms with Crippen molar-refractivity contribution in [2.75, 3.05) is 11.8 Å². The molecule has 0 bridgehead atoms. The fourth-order valence-electron chi connectivity index (χ4n) is 3.11. The molecular formula is C23H18F2N2O4S3. The van der Waals surface area contributed by atoms with Gasteiger partial charge in [-0.1, -0.05) is 6.07 Å². The highest BCUT2D eigenvalue weighted by Crippen LogP contribution is 2.30. The normalized spacial score (nSPS) is 11.5. The van der Waals surface area contributed by atoms with Gasteiger partial charge in [-0.3, -0.25) is 4.72 Å². The second kappa shape index (κ2) is 9.69. The van der Waals surface area contributed by atoms with Crippen molar-refractivity contribution >= 4 is 55.0 Å². The van der Waals surface area contributed by atoms with E-state index in [1.165, 1.54) is 42.3 Å². The monoisotopic (exact) mass is 520 g/mol. The maximum atomic E-state index is 13.4. The van der Waals surface area contributed by atoms with Crippen molar-refractivity contribution in [1.29, 1.82) is 0 Å². The molecule has 1 N–H and O–H groups in total. The Balaban J connectivity index is 1.44. The van der Waals surface area contributed by atoms with Crippen molar-refractivity contribution in [2.24, 2.45) is 0 Å². The molecule has 176 valence electrons. The maximum Gasteiger partial charge on any atom is 0.338 e. The van der Waals surface area contributed by atoms with Gasteiger partial charge in [0.25, 0.3) is 10.0 Å². The smallest absolute Gasteiger partial charge is 0.338 e. The van der Waals surface area contributed by atoms with E-state index < -0.39 is 27.6 Å². The SMILES string of the molecule is COC(=O)c1cc(S(=O)(=O)Nc2ccc(SCc3nc4cc(F)c(F)cc4s3)cc2)ccc1C. The average molecular weight is 521 g/mol. The zero-order chi connectivity index (χ0) is 24.5. The Bertz CT molecular complexity index is 1450. The molecule has 4 rings (SSSR count). The number of methoxy groups -OCH3 is 1. The number of anilines is 1. The summed E-state index contributed by atoms with van der Waals surface area (Å²) in [6, 6.07) is 13.2. The van der Waals surface area contributed by atoms with E-state index in [9.17, 15) is 22.0 Å². The Hall–Kier alpha value is -3.02. The van der Waals surface area contributed by atoms with Crippen LogP contribution < -0.4 is 4.72 Å². The lowest BCUT2D eigenvalue weighted by molar-refractivity contribution is 0.0599. The zero-order valence-electron chi connectivity index (χ0n) is 18.0. The van der Waals surface area contributed by atoms with Crippen molar-refractivity contribution in [1.82, 2.24) is 4.98 Å². The Kier molecular flexibility index (Phi) is 6.87. The molecule has 34 heavy (non-hydrogen) atoms. The second-order valence-electron chi connectivity index (χ2n) is 7.23. The molecule has 1 heterocycles. The van der Waals surface area contributed by atoms with Gasteiger partial charge in [-0.25, -0.2) is 27.0 Å². The molecule has 0 unspecified atom stereocenters. The summed E-state index contributed by atoms with van der Waals surface area (Å²) >= 11 is 2.75. The molecule has 0 aliphatic carbocycles. The number of carbonyl (C=O) groups excluding carboxylic acids is 1. The number of thiazole rings is 1. The van der Waals surface area contributed by atoms with Crippen LogP contribution in [0.1, 0.15) is 20.9 Å². The molecule has 11 heteroatoms. The fraction of sp³-hybridized carbons (Fsp3) is 0.130. The molecule has 1 aromatic heterocycles. The zero-order valence-corrected chi connectivity index (χ0v) is 20.4. The number of halogens is 2. The number of thioether (sulfide) groups is 1. The lowest BCUT2D eigenvalue weighted by Crippen LogP contribution is -2.14. The third-order valence-corrected chi connectivity index (χ3v) is 8.47. The van der Waals surface area contributed by atoms with Gasteiger partial charge in [-0.15, -0.1) is 23.1 Å². The molecule has 6 nitrogen and oxygen atoms in total. The summed E-state index contributed by atoms with van der Waals surface area (Å²) < 4.78 is 60.1. The first kappa shape index (κ1) is 24.1. The van der Waals surface area contributed by atoms with E-state index in [0.29, 0.717) is 27.2 Å². The van der Waals surface area contributed by atoms with Crippen LogP contribution in [-0.4, -0.2) is 26.5 Å². The number of rotatable bonds is 7. The van der Waals surface area contributed by atoms with Crippen LogP contribution in [0.25, 0.3) is 10.2 Å².